The number of halogens is 1. The fourth-order valence-electron chi connectivity index (χ4n) is 1.80. The summed E-state index contributed by atoms with van der Waals surface area (Å²) in [5.41, 5.74) is 8.10. The summed E-state index contributed by atoms with van der Waals surface area (Å²) in [4.78, 5) is 0. The fourth-order valence-corrected chi connectivity index (χ4v) is 2.03. The van der Waals surface area contributed by atoms with Crippen molar-refractivity contribution in [2.45, 2.75) is 0 Å². The summed E-state index contributed by atoms with van der Waals surface area (Å²) >= 11 is 6.17. The first kappa shape index (κ1) is 10.9. The molecule has 0 bridgehead atoms. The SMILES string of the molecule is Nc1noc(-c2cn[nH]c2)c1-c1ccccc1Cl. The third-order valence-corrected chi connectivity index (χ3v) is 2.95. The van der Waals surface area contributed by atoms with Gasteiger partial charge in [-0.05, 0) is 6.07 Å². The lowest BCUT2D eigenvalue weighted by Gasteiger charge is -2.03. The van der Waals surface area contributed by atoms with Crippen LogP contribution in [0.3, 0.4) is 0 Å². The van der Waals surface area contributed by atoms with Gasteiger partial charge in [0.25, 0.3) is 0 Å². The quantitative estimate of drug-likeness (QED) is 0.742. The first-order chi connectivity index (χ1) is 8.77. The minimum Gasteiger partial charge on any atom is -0.380 e. The molecule has 18 heavy (non-hydrogen) atoms. The highest BCUT2D eigenvalue weighted by Gasteiger charge is 2.19. The van der Waals surface area contributed by atoms with Crippen LogP contribution in [-0.2, 0) is 0 Å². The first-order valence-corrected chi connectivity index (χ1v) is 5.64. The van der Waals surface area contributed by atoms with E-state index in [2.05, 4.69) is 15.4 Å². The molecular formula is C12H9ClN4O. The van der Waals surface area contributed by atoms with E-state index in [9.17, 15) is 0 Å². The lowest BCUT2D eigenvalue weighted by molar-refractivity contribution is 0.436. The zero-order valence-corrected chi connectivity index (χ0v) is 9.98. The second-order valence-electron chi connectivity index (χ2n) is 3.74. The van der Waals surface area contributed by atoms with Crippen LogP contribution in [-0.4, -0.2) is 15.4 Å². The number of hydrogen-bond donors (Lipinski definition) is 2. The zero-order chi connectivity index (χ0) is 12.5. The van der Waals surface area contributed by atoms with Crippen molar-refractivity contribution in [2.75, 3.05) is 5.73 Å². The highest BCUT2D eigenvalue weighted by Crippen LogP contribution is 2.39. The largest absolute Gasteiger partial charge is 0.380 e. The molecule has 0 aliphatic heterocycles. The molecule has 0 fully saturated rings. The Hall–Kier alpha value is -2.27. The van der Waals surface area contributed by atoms with Crippen molar-refractivity contribution in [3.63, 3.8) is 0 Å². The monoisotopic (exact) mass is 260 g/mol. The van der Waals surface area contributed by atoms with Gasteiger partial charge in [0.1, 0.15) is 0 Å². The van der Waals surface area contributed by atoms with Crippen molar-refractivity contribution in [3.8, 4) is 22.5 Å². The van der Waals surface area contributed by atoms with E-state index in [-0.39, 0.29) is 0 Å². The number of benzene rings is 1. The lowest BCUT2D eigenvalue weighted by atomic mass is 10.0. The van der Waals surface area contributed by atoms with Gasteiger partial charge in [0, 0.05) is 16.8 Å². The Labute approximate surface area is 108 Å². The number of nitrogens with two attached hydrogens (primary N) is 1. The zero-order valence-electron chi connectivity index (χ0n) is 9.22. The molecule has 3 aromatic rings. The minimum atomic E-state index is 0.305. The summed E-state index contributed by atoms with van der Waals surface area (Å²) in [5, 5.41) is 11.0. The maximum atomic E-state index is 6.17. The summed E-state index contributed by atoms with van der Waals surface area (Å²) in [7, 11) is 0. The van der Waals surface area contributed by atoms with E-state index in [1.54, 1.807) is 18.5 Å². The average Bonchev–Trinajstić information content (AvgIpc) is 2.99. The molecule has 0 unspecified atom stereocenters. The number of aromatic amines is 1. The molecule has 2 heterocycles. The molecule has 0 amide bonds. The van der Waals surface area contributed by atoms with Crippen LogP contribution in [0.4, 0.5) is 5.82 Å². The first-order valence-electron chi connectivity index (χ1n) is 5.26. The summed E-state index contributed by atoms with van der Waals surface area (Å²) in [6, 6.07) is 7.40. The Bertz CT molecular complexity index is 675. The second-order valence-corrected chi connectivity index (χ2v) is 4.15. The number of rotatable bonds is 2. The topological polar surface area (TPSA) is 80.7 Å². The van der Waals surface area contributed by atoms with Crippen molar-refractivity contribution < 1.29 is 4.52 Å². The molecule has 0 aliphatic rings. The van der Waals surface area contributed by atoms with Gasteiger partial charge >= 0.3 is 0 Å². The van der Waals surface area contributed by atoms with E-state index in [4.69, 9.17) is 21.9 Å². The van der Waals surface area contributed by atoms with Crippen molar-refractivity contribution in [1.29, 1.82) is 0 Å². The lowest BCUT2D eigenvalue weighted by Crippen LogP contribution is -1.89. The predicted octanol–water partition coefficient (Wildman–Crippen LogP) is 2.97. The Morgan fingerprint density at radius 2 is 2.11 bits per heavy atom. The van der Waals surface area contributed by atoms with Crippen LogP contribution in [0, 0.1) is 0 Å². The molecule has 1 aromatic carbocycles. The van der Waals surface area contributed by atoms with Gasteiger partial charge in [0.05, 0.1) is 17.3 Å². The van der Waals surface area contributed by atoms with Gasteiger partial charge in [-0.1, -0.05) is 35.0 Å². The highest BCUT2D eigenvalue weighted by molar-refractivity contribution is 6.33. The van der Waals surface area contributed by atoms with Gasteiger partial charge < -0.3 is 10.3 Å². The van der Waals surface area contributed by atoms with E-state index in [0.717, 1.165) is 11.1 Å². The molecule has 0 aliphatic carbocycles. The molecule has 3 rings (SSSR count). The Morgan fingerprint density at radius 3 is 2.83 bits per heavy atom. The molecule has 0 saturated carbocycles. The van der Waals surface area contributed by atoms with Gasteiger partial charge in [-0.15, -0.1) is 0 Å². The van der Waals surface area contributed by atoms with Gasteiger partial charge in [0.2, 0.25) is 0 Å². The average molecular weight is 261 g/mol. The normalized spacial score (nSPS) is 10.7. The summed E-state index contributed by atoms with van der Waals surface area (Å²) in [5.74, 6) is 0.855. The molecule has 6 heteroatoms. The minimum absolute atomic E-state index is 0.305. The number of nitrogens with zero attached hydrogens (tertiary/aromatic N) is 2. The Morgan fingerprint density at radius 1 is 1.28 bits per heavy atom. The third kappa shape index (κ3) is 1.65. The van der Waals surface area contributed by atoms with Crippen molar-refractivity contribution >= 4 is 17.4 Å². The van der Waals surface area contributed by atoms with Crippen LogP contribution in [0.15, 0.2) is 41.2 Å². The molecule has 5 nitrogen and oxygen atoms in total. The maximum absolute atomic E-state index is 6.17. The molecule has 0 spiro atoms. The summed E-state index contributed by atoms with van der Waals surface area (Å²) in [6.07, 6.45) is 3.35. The van der Waals surface area contributed by atoms with Gasteiger partial charge in [0.15, 0.2) is 11.6 Å². The molecule has 0 radical (unpaired) electrons. The smallest absolute Gasteiger partial charge is 0.180 e. The van der Waals surface area contributed by atoms with Crippen LogP contribution in [0.1, 0.15) is 0 Å². The number of hydrogen-bond acceptors (Lipinski definition) is 4. The maximum Gasteiger partial charge on any atom is 0.180 e. The van der Waals surface area contributed by atoms with Crippen LogP contribution in [0.2, 0.25) is 5.02 Å². The van der Waals surface area contributed by atoms with Crippen LogP contribution >= 0.6 is 11.6 Å². The van der Waals surface area contributed by atoms with Gasteiger partial charge in [-0.2, -0.15) is 5.10 Å². The van der Waals surface area contributed by atoms with Crippen LogP contribution < -0.4 is 5.73 Å². The number of nitrogens with one attached hydrogen (secondary N) is 1. The molecule has 0 saturated heterocycles. The third-order valence-electron chi connectivity index (χ3n) is 2.62. The van der Waals surface area contributed by atoms with E-state index < -0.39 is 0 Å². The number of anilines is 1. The Kier molecular flexibility index (Phi) is 2.53. The standard InChI is InChI=1S/C12H9ClN4O/c13-9-4-2-1-3-8(9)10-11(18-17-12(10)14)7-5-15-16-6-7/h1-6H,(H2,14,17)(H,15,16). The molecule has 0 atom stereocenters. The van der Waals surface area contributed by atoms with Crippen LogP contribution in [0.5, 0.6) is 0 Å². The fraction of sp³-hybridized carbons (Fsp3) is 0. The second kappa shape index (κ2) is 4.19. The van der Waals surface area contributed by atoms with E-state index >= 15 is 0 Å². The van der Waals surface area contributed by atoms with Crippen molar-refractivity contribution in [1.82, 2.24) is 15.4 Å². The number of nitrogen functional groups attached to an aromatic ring is 1. The number of aromatic nitrogens is 3. The van der Waals surface area contributed by atoms with Gasteiger partial charge in [-0.3, -0.25) is 5.10 Å². The Balaban J connectivity index is 2.24. The summed E-state index contributed by atoms with van der Waals surface area (Å²) < 4.78 is 5.26. The predicted molar refractivity (Wildman–Crippen MR) is 68.9 cm³/mol. The van der Waals surface area contributed by atoms with Gasteiger partial charge in [-0.25, -0.2) is 0 Å². The van der Waals surface area contributed by atoms with Crippen molar-refractivity contribution in [2.24, 2.45) is 0 Å². The highest BCUT2D eigenvalue weighted by atomic mass is 35.5. The molecule has 90 valence electrons. The molecule has 2 aromatic heterocycles. The van der Waals surface area contributed by atoms with E-state index in [0.29, 0.717) is 22.2 Å². The summed E-state index contributed by atoms with van der Waals surface area (Å²) in [6.45, 7) is 0. The number of H-pyrrole nitrogens is 1. The van der Waals surface area contributed by atoms with E-state index in [1.165, 1.54) is 0 Å². The van der Waals surface area contributed by atoms with Crippen LogP contribution in [0.25, 0.3) is 22.5 Å². The molecular weight excluding hydrogens is 252 g/mol. The van der Waals surface area contributed by atoms with E-state index in [1.807, 2.05) is 18.2 Å². The molecule has 3 N–H and O–H groups in total. The van der Waals surface area contributed by atoms with Crippen molar-refractivity contribution in [3.05, 3.63) is 41.7 Å².